The van der Waals surface area contributed by atoms with Crippen LogP contribution >= 0.6 is 0 Å². The summed E-state index contributed by atoms with van der Waals surface area (Å²) in [5, 5.41) is 12.4. The topological polar surface area (TPSA) is 72.3 Å². The molecular weight excluding hydrogens is 386 g/mol. The molecule has 1 aromatic carbocycles. The number of nitriles is 1. The van der Waals surface area contributed by atoms with Crippen molar-refractivity contribution in [1.82, 2.24) is 20.1 Å². The van der Waals surface area contributed by atoms with Gasteiger partial charge in [0, 0.05) is 38.1 Å². The van der Waals surface area contributed by atoms with E-state index >= 15 is 0 Å². The van der Waals surface area contributed by atoms with Crippen molar-refractivity contribution in [2.75, 3.05) is 26.2 Å². The predicted octanol–water partition coefficient (Wildman–Crippen LogP) is 2.95. The molecule has 2 aliphatic rings. The second-order valence-corrected chi connectivity index (χ2v) is 8.69. The average Bonchev–Trinajstić information content (AvgIpc) is 2.84. The Morgan fingerprint density at radius 2 is 1.97 bits per heavy atom. The zero-order valence-electron chi connectivity index (χ0n) is 18.0. The zero-order valence-corrected chi connectivity index (χ0v) is 18.0. The van der Waals surface area contributed by atoms with Gasteiger partial charge in [0.15, 0.2) is 0 Å². The number of pyridine rings is 1. The summed E-state index contributed by atoms with van der Waals surface area (Å²) < 4.78 is 0. The van der Waals surface area contributed by atoms with Gasteiger partial charge >= 0.3 is 0 Å². The van der Waals surface area contributed by atoms with Gasteiger partial charge in [-0.15, -0.1) is 0 Å². The highest BCUT2D eigenvalue weighted by atomic mass is 16.1. The van der Waals surface area contributed by atoms with Gasteiger partial charge in [-0.25, -0.2) is 0 Å². The molecule has 6 heteroatoms. The Morgan fingerprint density at radius 1 is 1.13 bits per heavy atom. The first-order valence-corrected chi connectivity index (χ1v) is 11.3. The van der Waals surface area contributed by atoms with Gasteiger partial charge in [-0.3, -0.25) is 19.6 Å². The number of aromatic nitrogens is 1. The fourth-order valence-electron chi connectivity index (χ4n) is 4.84. The van der Waals surface area contributed by atoms with Crippen LogP contribution in [0.25, 0.3) is 0 Å². The Bertz CT molecular complexity index is 902. The van der Waals surface area contributed by atoms with E-state index in [-0.39, 0.29) is 11.8 Å². The third-order valence-electron chi connectivity index (χ3n) is 6.62. The molecule has 0 bridgehead atoms. The lowest BCUT2D eigenvalue weighted by atomic mass is 9.93. The molecule has 0 saturated carbocycles. The smallest absolute Gasteiger partial charge is 0.224 e. The molecule has 1 aromatic heterocycles. The maximum atomic E-state index is 12.7. The van der Waals surface area contributed by atoms with E-state index < -0.39 is 0 Å². The minimum Gasteiger partial charge on any atom is -0.352 e. The van der Waals surface area contributed by atoms with Gasteiger partial charge in [0.25, 0.3) is 0 Å². The Balaban J connectivity index is 1.25. The summed E-state index contributed by atoms with van der Waals surface area (Å²) in [4.78, 5) is 21.8. The van der Waals surface area contributed by atoms with Gasteiger partial charge in [0.1, 0.15) is 0 Å². The number of benzene rings is 1. The monoisotopic (exact) mass is 417 g/mol. The van der Waals surface area contributed by atoms with Gasteiger partial charge in [-0.2, -0.15) is 5.26 Å². The molecule has 2 saturated heterocycles. The zero-order chi connectivity index (χ0) is 21.5. The van der Waals surface area contributed by atoms with Gasteiger partial charge in [0.05, 0.1) is 17.6 Å². The van der Waals surface area contributed by atoms with E-state index in [1.807, 2.05) is 30.3 Å². The van der Waals surface area contributed by atoms with Crippen LogP contribution in [-0.4, -0.2) is 52.9 Å². The van der Waals surface area contributed by atoms with Crippen LogP contribution in [0.1, 0.15) is 42.4 Å². The van der Waals surface area contributed by atoms with Crippen LogP contribution < -0.4 is 5.32 Å². The molecule has 4 rings (SSSR count). The third-order valence-corrected chi connectivity index (χ3v) is 6.62. The summed E-state index contributed by atoms with van der Waals surface area (Å²) in [6, 6.07) is 14.6. The SMILES string of the molecule is N#Cc1ccccc1CN1CCC(N2CCCC(C(=O)NCc3cccnc3)C2)CC1. The molecule has 3 heterocycles. The van der Waals surface area contributed by atoms with Crippen molar-refractivity contribution in [3.05, 3.63) is 65.5 Å². The molecule has 1 amide bonds. The minimum atomic E-state index is 0.0750. The first-order valence-electron chi connectivity index (χ1n) is 11.3. The van der Waals surface area contributed by atoms with Crippen molar-refractivity contribution in [1.29, 1.82) is 5.26 Å². The summed E-state index contributed by atoms with van der Waals surface area (Å²) in [6.45, 7) is 5.42. The number of carbonyl (C=O) groups excluding carboxylic acids is 1. The Labute approximate surface area is 184 Å². The van der Waals surface area contributed by atoms with E-state index in [4.69, 9.17) is 0 Å². The van der Waals surface area contributed by atoms with E-state index in [0.717, 1.165) is 75.1 Å². The molecule has 31 heavy (non-hydrogen) atoms. The number of amides is 1. The normalized spacial score (nSPS) is 20.8. The summed E-state index contributed by atoms with van der Waals surface area (Å²) >= 11 is 0. The highest BCUT2D eigenvalue weighted by Crippen LogP contribution is 2.25. The molecule has 1 atom stereocenters. The molecule has 0 spiro atoms. The fraction of sp³-hybridized carbons (Fsp3) is 0.480. The van der Waals surface area contributed by atoms with E-state index in [9.17, 15) is 10.1 Å². The number of hydrogen-bond donors (Lipinski definition) is 1. The number of nitrogens with one attached hydrogen (secondary N) is 1. The van der Waals surface area contributed by atoms with Crippen LogP contribution in [0.15, 0.2) is 48.8 Å². The molecule has 0 radical (unpaired) electrons. The Morgan fingerprint density at radius 3 is 2.74 bits per heavy atom. The standard InChI is InChI=1S/C25H31N5O/c26-15-21-6-1-2-7-22(21)18-29-13-9-24(10-14-29)30-12-4-8-23(19-30)25(31)28-17-20-5-3-11-27-16-20/h1-3,5-7,11,16,23-24H,4,8-10,12-14,17-19H2,(H,28,31). The lowest BCUT2D eigenvalue weighted by molar-refractivity contribution is -0.127. The van der Waals surface area contributed by atoms with Crippen molar-refractivity contribution >= 4 is 5.91 Å². The van der Waals surface area contributed by atoms with Crippen LogP contribution in [0.4, 0.5) is 0 Å². The van der Waals surface area contributed by atoms with Crippen molar-refractivity contribution in [2.24, 2.45) is 5.92 Å². The van der Waals surface area contributed by atoms with Crippen LogP contribution in [-0.2, 0) is 17.9 Å². The molecule has 2 fully saturated rings. The van der Waals surface area contributed by atoms with Crippen molar-refractivity contribution in [3.8, 4) is 6.07 Å². The number of hydrogen-bond acceptors (Lipinski definition) is 5. The molecule has 2 aliphatic heterocycles. The van der Waals surface area contributed by atoms with Crippen molar-refractivity contribution in [3.63, 3.8) is 0 Å². The fourth-order valence-corrected chi connectivity index (χ4v) is 4.84. The van der Waals surface area contributed by atoms with E-state index in [2.05, 4.69) is 32.2 Å². The first-order chi connectivity index (χ1) is 15.2. The highest BCUT2D eigenvalue weighted by Gasteiger charge is 2.31. The van der Waals surface area contributed by atoms with Gasteiger partial charge < -0.3 is 5.32 Å². The third kappa shape index (κ3) is 5.69. The van der Waals surface area contributed by atoms with E-state index in [1.54, 1.807) is 12.4 Å². The number of rotatable bonds is 6. The molecule has 1 unspecified atom stereocenters. The average molecular weight is 418 g/mol. The summed E-state index contributed by atoms with van der Waals surface area (Å²) in [6.07, 6.45) is 7.85. The van der Waals surface area contributed by atoms with Crippen LogP contribution in [0.5, 0.6) is 0 Å². The molecule has 1 N–H and O–H groups in total. The molecule has 0 aliphatic carbocycles. The maximum absolute atomic E-state index is 12.7. The maximum Gasteiger partial charge on any atom is 0.224 e. The second kappa shape index (κ2) is 10.5. The van der Waals surface area contributed by atoms with E-state index in [1.165, 1.54) is 0 Å². The molecular formula is C25H31N5O. The number of likely N-dealkylation sites (tertiary alicyclic amines) is 2. The van der Waals surface area contributed by atoms with Crippen molar-refractivity contribution in [2.45, 2.75) is 44.8 Å². The lowest BCUT2D eigenvalue weighted by Crippen LogP contribution is -2.50. The number of carbonyl (C=O) groups is 1. The quantitative estimate of drug-likeness (QED) is 0.782. The number of piperidine rings is 2. The predicted molar refractivity (Wildman–Crippen MR) is 120 cm³/mol. The minimum absolute atomic E-state index is 0.0750. The second-order valence-electron chi connectivity index (χ2n) is 8.69. The Hall–Kier alpha value is -2.75. The molecule has 6 nitrogen and oxygen atoms in total. The molecule has 2 aromatic rings. The van der Waals surface area contributed by atoms with Crippen LogP contribution in [0.3, 0.4) is 0 Å². The van der Waals surface area contributed by atoms with Gasteiger partial charge in [-0.05, 0) is 68.6 Å². The van der Waals surface area contributed by atoms with Crippen LogP contribution in [0, 0.1) is 17.2 Å². The Kier molecular flexibility index (Phi) is 7.29. The van der Waals surface area contributed by atoms with Crippen molar-refractivity contribution < 1.29 is 4.79 Å². The lowest BCUT2D eigenvalue weighted by Gasteiger charge is -2.42. The first kappa shape index (κ1) is 21.5. The highest BCUT2D eigenvalue weighted by molar-refractivity contribution is 5.78. The van der Waals surface area contributed by atoms with E-state index in [0.29, 0.717) is 12.6 Å². The van der Waals surface area contributed by atoms with Crippen LogP contribution in [0.2, 0.25) is 0 Å². The van der Waals surface area contributed by atoms with Gasteiger partial charge in [-0.1, -0.05) is 24.3 Å². The number of nitrogens with zero attached hydrogens (tertiary/aromatic N) is 4. The summed E-state index contributed by atoms with van der Waals surface area (Å²) in [7, 11) is 0. The summed E-state index contributed by atoms with van der Waals surface area (Å²) in [5.41, 5.74) is 2.93. The van der Waals surface area contributed by atoms with Gasteiger partial charge in [0.2, 0.25) is 5.91 Å². The summed E-state index contributed by atoms with van der Waals surface area (Å²) in [5.74, 6) is 0.241. The largest absolute Gasteiger partial charge is 0.352 e. The molecule has 162 valence electrons.